The molecule has 2 heterocycles. The van der Waals surface area contributed by atoms with Crippen molar-refractivity contribution >= 4 is 64.0 Å². The van der Waals surface area contributed by atoms with E-state index in [1.54, 1.807) is 41.3 Å². The average molecular weight is 612 g/mol. The highest BCUT2D eigenvalue weighted by Crippen LogP contribution is 2.38. The van der Waals surface area contributed by atoms with Crippen LogP contribution >= 0.6 is 35.0 Å². The Kier molecular flexibility index (Phi) is 7.71. The van der Waals surface area contributed by atoms with E-state index in [-0.39, 0.29) is 11.6 Å². The number of halogens is 2. The number of amides is 1. The van der Waals surface area contributed by atoms with Crippen LogP contribution < -0.4 is 4.90 Å². The third-order valence-corrected chi connectivity index (χ3v) is 8.31. The fourth-order valence-electron chi connectivity index (χ4n) is 4.52. The van der Waals surface area contributed by atoms with Crippen LogP contribution in [0.3, 0.4) is 0 Å². The fourth-order valence-corrected chi connectivity index (χ4v) is 5.63. The summed E-state index contributed by atoms with van der Waals surface area (Å²) >= 11 is 13.7. The maximum absolute atomic E-state index is 13.8. The first-order valence-electron chi connectivity index (χ1n) is 12.8. The molecule has 206 valence electrons. The molecule has 0 spiro atoms. The summed E-state index contributed by atoms with van der Waals surface area (Å²) in [5.74, 6) is 0.952. The van der Waals surface area contributed by atoms with E-state index in [1.165, 1.54) is 23.9 Å². The monoisotopic (exact) mass is 610 g/mol. The van der Waals surface area contributed by atoms with Crippen molar-refractivity contribution in [2.24, 2.45) is 0 Å². The van der Waals surface area contributed by atoms with Gasteiger partial charge < -0.3 is 4.42 Å². The molecule has 0 saturated carbocycles. The number of nitrogens with zero attached hydrogens (tertiary/aromatic N) is 2. The lowest BCUT2D eigenvalue weighted by Gasteiger charge is -2.21. The fraction of sp³-hybridized carbons (Fsp3) is 0. The predicted octanol–water partition coefficient (Wildman–Crippen LogP) is 9.78. The smallest absolute Gasteiger partial charge is 0.269 e. The van der Waals surface area contributed by atoms with Crippen LogP contribution in [0.5, 0.6) is 0 Å². The Labute approximate surface area is 255 Å². The summed E-state index contributed by atoms with van der Waals surface area (Å²) in [7, 11) is 0. The molecule has 1 amide bonds. The molecular weight excluding hydrogens is 591 g/mol. The van der Waals surface area contributed by atoms with Crippen LogP contribution in [0.2, 0.25) is 10.0 Å². The molecule has 0 unspecified atom stereocenters. The van der Waals surface area contributed by atoms with Crippen molar-refractivity contribution in [3.63, 3.8) is 0 Å². The van der Waals surface area contributed by atoms with Crippen molar-refractivity contribution in [1.29, 1.82) is 0 Å². The highest BCUT2D eigenvalue weighted by Gasteiger charge is 2.30. The van der Waals surface area contributed by atoms with E-state index in [0.29, 0.717) is 32.8 Å². The topological polar surface area (TPSA) is 76.6 Å². The van der Waals surface area contributed by atoms with Gasteiger partial charge in [0, 0.05) is 38.7 Å². The average Bonchev–Trinajstić information content (AvgIpc) is 3.60. The molecule has 0 aliphatic carbocycles. The second-order valence-corrected chi connectivity index (χ2v) is 11.3. The first-order valence-corrected chi connectivity index (χ1v) is 14.3. The van der Waals surface area contributed by atoms with Crippen molar-refractivity contribution in [3.8, 4) is 11.3 Å². The number of carbonyl (C=O) groups excluding carboxylic acids is 1. The summed E-state index contributed by atoms with van der Waals surface area (Å²) in [5.41, 5.74) is 3.66. The van der Waals surface area contributed by atoms with Crippen molar-refractivity contribution in [1.82, 2.24) is 0 Å². The largest absolute Gasteiger partial charge is 0.457 e. The van der Waals surface area contributed by atoms with Crippen LogP contribution in [0.15, 0.2) is 135 Å². The molecule has 1 aromatic heterocycles. The highest BCUT2D eigenvalue weighted by atomic mass is 35.5. The molecule has 0 radical (unpaired) electrons. The minimum atomic E-state index is -0.419. The standard InChI is InChI=1S/C33H20Cl2N2O4S/c34-29-16-6-22(19-30(29)35)32-17-11-26(41-32)18-23-20-31(21-4-2-1-3-5-21)36(33(23)38)24-7-12-27(13-8-24)42-28-14-9-25(10-15-28)37(39)40/h1-20H. The number of nitro groups is 1. The second-order valence-electron chi connectivity index (χ2n) is 9.31. The van der Waals surface area contributed by atoms with Gasteiger partial charge in [0.15, 0.2) is 0 Å². The Balaban J connectivity index is 1.28. The third-order valence-electron chi connectivity index (χ3n) is 6.56. The molecule has 6 rings (SSSR count). The van der Waals surface area contributed by atoms with E-state index >= 15 is 0 Å². The zero-order valence-corrected chi connectivity index (χ0v) is 24.1. The quantitative estimate of drug-likeness (QED) is 0.104. The van der Waals surface area contributed by atoms with Crippen LogP contribution in [-0.4, -0.2) is 10.8 Å². The highest BCUT2D eigenvalue weighted by molar-refractivity contribution is 7.99. The number of hydrogen-bond donors (Lipinski definition) is 0. The summed E-state index contributed by atoms with van der Waals surface area (Å²) in [5, 5.41) is 11.8. The molecule has 9 heteroatoms. The van der Waals surface area contributed by atoms with Gasteiger partial charge in [-0.3, -0.25) is 19.8 Å². The molecule has 0 bridgehead atoms. The van der Waals surface area contributed by atoms with Gasteiger partial charge in [0.25, 0.3) is 11.6 Å². The second kappa shape index (κ2) is 11.7. The minimum Gasteiger partial charge on any atom is -0.457 e. The first-order chi connectivity index (χ1) is 20.4. The summed E-state index contributed by atoms with van der Waals surface area (Å²) < 4.78 is 6.03. The van der Waals surface area contributed by atoms with Gasteiger partial charge in [0.05, 0.1) is 20.7 Å². The lowest BCUT2D eigenvalue weighted by Crippen LogP contribution is -2.24. The van der Waals surface area contributed by atoms with E-state index in [1.807, 2.05) is 72.8 Å². The maximum atomic E-state index is 13.8. The number of non-ortho nitro benzene ring substituents is 1. The van der Waals surface area contributed by atoms with Crippen molar-refractivity contribution in [2.75, 3.05) is 4.90 Å². The van der Waals surface area contributed by atoms with Gasteiger partial charge in [-0.05, 0) is 84.4 Å². The van der Waals surface area contributed by atoms with Crippen molar-refractivity contribution in [3.05, 3.63) is 152 Å². The van der Waals surface area contributed by atoms with Gasteiger partial charge in [-0.2, -0.15) is 0 Å². The van der Waals surface area contributed by atoms with E-state index in [9.17, 15) is 14.9 Å². The third kappa shape index (κ3) is 5.76. The summed E-state index contributed by atoms with van der Waals surface area (Å²) in [6.45, 7) is 0. The predicted molar refractivity (Wildman–Crippen MR) is 168 cm³/mol. The molecule has 6 nitrogen and oxygen atoms in total. The van der Waals surface area contributed by atoms with Gasteiger partial charge in [-0.15, -0.1) is 0 Å². The van der Waals surface area contributed by atoms with Crippen molar-refractivity contribution < 1.29 is 14.1 Å². The molecule has 1 aliphatic heterocycles. The number of benzene rings is 4. The molecule has 0 saturated heterocycles. The molecule has 1 aliphatic rings. The van der Waals surface area contributed by atoms with E-state index in [2.05, 4.69) is 0 Å². The number of hydrogen-bond acceptors (Lipinski definition) is 5. The van der Waals surface area contributed by atoms with Gasteiger partial charge in [-0.1, -0.05) is 65.3 Å². The van der Waals surface area contributed by atoms with Gasteiger partial charge in [0.2, 0.25) is 0 Å². The van der Waals surface area contributed by atoms with E-state index in [4.69, 9.17) is 27.6 Å². The Morgan fingerprint density at radius 3 is 2.14 bits per heavy atom. The van der Waals surface area contributed by atoms with Gasteiger partial charge in [-0.25, -0.2) is 0 Å². The Morgan fingerprint density at radius 1 is 0.786 bits per heavy atom. The molecule has 0 atom stereocenters. The van der Waals surface area contributed by atoms with E-state index < -0.39 is 4.92 Å². The van der Waals surface area contributed by atoms with E-state index in [0.717, 1.165) is 26.6 Å². The van der Waals surface area contributed by atoms with Crippen LogP contribution in [-0.2, 0) is 4.79 Å². The number of rotatable bonds is 7. The number of nitro benzene ring substituents is 1. The zero-order chi connectivity index (χ0) is 29.2. The Morgan fingerprint density at radius 2 is 1.48 bits per heavy atom. The summed E-state index contributed by atoms with van der Waals surface area (Å²) in [6.07, 6.45) is 3.59. The Bertz CT molecular complexity index is 1860. The summed E-state index contributed by atoms with van der Waals surface area (Å²) in [6, 6.07) is 32.6. The number of carbonyl (C=O) groups is 1. The van der Waals surface area contributed by atoms with Gasteiger partial charge >= 0.3 is 0 Å². The SMILES string of the molecule is O=C1C(=Cc2ccc(-c3ccc(Cl)c(Cl)c3)o2)C=C(c2ccccc2)N1c1ccc(Sc2ccc([N+](=O)[O-])cc2)cc1. The first kappa shape index (κ1) is 27.6. The zero-order valence-electron chi connectivity index (χ0n) is 21.7. The molecule has 0 fully saturated rings. The molecular formula is C33H20Cl2N2O4S. The van der Waals surface area contributed by atoms with Crippen LogP contribution in [0.25, 0.3) is 23.1 Å². The molecule has 0 N–H and O–H groups in total. The summed E-state index contributed by atoms with van der Waals surface area (Å²) in [4.78, 5) is 27.8. The minimum absolute atomic E-state index is 0.0477. The number of furan rings is 1. The van der Waals surface area contributed by atoms with Crippen LogP contribution in [0.1, 0.15) is 11.3 Å². The van der Waals surface area contributed by atoms with Crippen LogP contribution in [0.4, 0.5) is 11.4 Å². The van der Waals surface area contributed by atoms with Crippen LogP contribution in [0, 0.1) is 10.1 Å². The normalized spacial score (nSPS) is 14.0. The Hall–Kier alpha value is -4.56. The molecule has 4 aromatic carbocycles. The number of anilines is 1. The van der Waals surface area contributed by atoms with Crippen molar-refractivity contribution in [2.45, 2.75) is 9.79 Å². The maximum Gasteiger partial charge on any atom is 0.269 e. The lowest BCUT2D eigenvalue weighted by molar-refractivity contribution is -0.384. The molecule has 42 heavy (non-hydrogen) atoms. The van der Waals surface area contributed by atoms with Gasteiger partial charge in [0.1, 0.15) is 11.5 Å². The molecule has 5 aromatic rings. The lowest BCUT2D eigenvalue weighted by atomic mass is 10.1.